The van der Waals surface area contributed by atoms with Crippen LogP contribution in [-0.4, -0.2) is 45.6 Å². The van der Waals surface area contributed by atoms with Crippen LogP contribution in [0.1, 0.15) is 6.92 Å². The summed E-state index contributed by atoms with van der Waals surface area (Å²) < 4.78 is 38.5. The zero-order valence-electron chi connectivity index (χ0n) is 11.0. The molecule has 0 spiro atoms. The van der Waals surface area contributed by atoms with Gasteiger partial charge in [0.25, 0.3) is 10.2 Å². The van der Waals surface area contributed by atoms with E-state index in [4.69, 9.17) is 9.47 Å². The predicted molar refractivity (Wildman–Crippen MR) is 71.6 cm³/mol. The van der Waals surface area contributed by atoms with Gasteiger partial charge in [0, 0.05) is 13.6 Å². The number of nitrogens with one attached hydrogen (secondary N) is 1. The Morgan fingerprint density at radius 1 is 1.37 bits per heavy atom. The summed E-state index contributed by atoms with van der Waals surface area (Å²) in [5.74, 6) is 1.34. The molecule has 0 aromatic heterocycles. The molecule has 0 fully saturated rings. The molecule has 0 saturated heterocycles. The Morgan fingerprint density at radius 2 is 2.05 bits per heavy atom. The van der Waals surface area contributed by atoms with Gasteiger partial charge in [-0.15, -0.1) is 0 Å². The lowest BCUT2D eigenvalue weighted by molar-refractivity contribution is 0.0797. The SMILES string of the molecule is CCNS(=O)(=O)N(C)C[C@H]1COc2ccccc2O1. The van der Waals surface area contributed by atoms with E-state index in [9.17, 15) is 8.42 Å². The van der Waals surface area contributed by atoms with Gasteiger partial charge in [-0.3, -0.25) is 0 Å². The second kappa shape index (κ2) is 5.77. The number of ether oxygens (including phenoxy) is 2. The fourth-order valence-corrected chi connectivity index (χ4v) is 2.78. The summed E-state index contributed by atoms with van der Waals surface area (Å²) >= 11 is 0. The monoisotopic (exact) mass is 286 g/mol. The first-order chi connectivity index (χ1) is 9.03. The van der Waals surface area contributed by atoms with Gasteiger partial charge in [0.1, 0.15) is 12.7 Å². The first-order valence-corrected chi connectivity index (χ1v) is 7.56. The van der Waals surface area contributed by atoms with Gasteiger partial charge in [0.2, 0.25) is 0 Å². The van der Waals surface area contributed by atoms with Crippen molar-refractivity contribution in [3.8, 4) is 11.5 Å². The molecule has 1 aliphatic rings. The Morgan fingerprint density at radius 3 is 2.74 bits per heavy atom. The van der Waals surface area contributed by atoms with Crippen molar-refractivity contribution in [1.82, 2.24) is 9.03 Å². The number of fused-ring (bicyclic) bond motifs is 1. The van der Waals surface area contributed by atoms with Gasteiger partial charge in [-0.05, 0) is 12.1 Å². The van der Waals surface area contributed by atoms with Crippen molar-refractivity contribution in [2.75, 3.05) is 26.7 Å². The highest BCUT2D eigenvalue weighted by Gasteiger charge is 2.26. The standard InChI is InChI=1S/C12H18N2O4S/c1-3-13-19(15,16)14(2)8-10-9-17-11-6-4-5-7-12(11)18-10/h4-7,10,13H,3,8-9H2,1-2H3/t10-/m0/s1. The first kappa shape index (κ1) is 14.1. The fourth-order valence-electron chi connectivity index (χ4n) is 1.83. The summed E-state index contributed by atoms with van der Waals surface area (Å²) in [5, 5.41) is 0. The van der Waals surface area contributed by atoms with Gasteiger partial charge in [-0.2, -0.15) is 12.7 Å². The van der Waals surface area contributed by atoms with Crippen LogP contribution in [0.25, 0.3) is 0 Å². The van der Waals surface area contributed by atoms with Crippen molar-refractivity contribution < 1.29 is 17.9 Å². The molecule has 0 unspecified atom stereocenters. The quantitative estimate of drug-likeness (QED) is 0.861. The minimum absolute atomic E-state index is 0.240. The van der Waals surface area contributed by atoms with Crippen LogP contribution in [0.3, 0.4) is 0 Å². The summed E-state index contributed by atoms with van der Waals surface area (Å²) in [6, 6.07) is 7.35. The maximum atomic E-state index is 11.8. The van der Waals surface area contributed by atoms with E-state index in [2.05, 4.69) is 4.72 Å². The van der Waals surface area contributed by atoms with Crippen LogP contribution in [0.5, 0.6) is 11.5 Å². The van der Waals surface area contributed by atoms with Crippen LogP contribution in [0.4, 0.5) is 0 Å². The third kappa shape index (κ3) is 3.37. The Labute approximate surface area is 113 Å². The number of hydrogen-bond donors (Lipinski definition) is 1. The molecule has 0 aliphatic carbocycles. The minimum Gasteiger partial charge on any atom is -0.486 e. The van der Waals surface area contributed by atoms with Crippen molar-refractivity contribution in [3.63, 3.8) is 0 Å². The van der Waals surface area contributed by atoms with E-state index in [0.717, 1.165) is 0 Å². The molecule has 0 radical (unpaired) electrons. The average molecular weight is 286 g/mol. The number of hydrogen-bond acceptors (Lipinski definition) is 4. The molecule has 1 N–H and O–H groups in total. The van der Waals surface area contributed by atoms with Crippen LogP contribution in [0.15, 0.2) is 24.3 Å². The van der Waals surface area contributed by atoms with E-state index in [1.807, 2.05) is 18.2 Å². The van der Waals surface area contributed by atoms with Crippen LogP contribution >= 0.6 is 0 Å². The molecule has 1 aliphatic heterocycles. The van der Waals surface area contributed by atoms with E-state index in [0.29, 0.717) is 24.7 Å². The van der Waals surface area contributed by atoms with Crippen molar-refractivity contribution in [1.29, 1.82) is 0 Å². The Hall–Kier alpha value is -1.31. The minimum atomic E-state index is -3.44. The fraction of sp³-hybridized carbons (Fsp3) is 0.500. The van der Waals surface area contributed by atoms with E-state index in [-0.39, 0.29) is 12.6 Å². The van der Waals surface area contributed by atoms with Crippen molar-refractivity contribution in [2.45, 2.75) is 13.0 Å². The second-order valence-electron chi connectivity index (χ2n) is 4.28. The maximum Gasteiger partial charge on any atom is 0.279 e. The molecule has 0 saturated carbocycles. The number of nitrogens with zero attached hydrogens (tertiary/aromatic N) is 1. The summed E-state index contributed by atoms with van der Waals surface area (Å²) in [6.07, 6.45) is -0.312. The number of likely N-dealkylation sites (N-methyl/N-ethyl adjacent to an activating group) is 1. The number of benzene rings is 1. The average Bonchev–Trinajstić information content (AvgIpc) is 2.38. The lowest BCUT2D eigenvalue weighted by atomic mass is 10.2. The normalized spacial score (nSPS) is 18.6. The van der Waals surface area contributed by atoms with Crippen LogP contribution < -0.4 is 14.2 Å². The molecular weight excluding hydrogens is 268 g/mol. The van der Waals surface area contributed by atoms with E-state index in [1.54, 1.807) is 13.0 Å². The second-order valence-corrected chi connectivity index (χ2v) is 6.14. The van der Waals surface area contributed by atoms with Gasteiger partial charge >= 0.3 is 0 Å². The molecule has 7 heteroatoms. The first-order valence-electron chi connectivity index (χ1n) is 6.12. The summed E-state index contributed by atoms with van der Waals surface area (Å²) in [6.45, 7) is 2.67. The van der Waals surface area contributed by atoms with Crippen LogP contribution in [0, 0.1) is 0 Å². The third-order valence-electron chi connectivity index (χ3n) is 2.77. The molecular formula is C12H18N2O4S. The van der Waals surface area contributed by atoms with Gasteiger partial charge in [-0.1, -0.05) is 19.1 Å². The lowest BCUT2D eigenvalue weighted by Gasteiger charge is -2.29. The van der Waals surface area contributed by atoms with Crippen LogP contribution in [0.2, 0.25) is 0 Å². The van der Waals surface area contributed by atoms with E-state index >= 15 is 0 Å². The lowest BCUT2D eigenvalue weighted by Crippen LogP contribution is -2.45. The van der Waals surface area contributed by atoms with Gasteiger partial charge in [0.15, 0.2) is 11.5 Å². The molecule has 2 rings (SSSR count). The van der Waals surface area contributed by atoms with Gasteiger partial charge in [-0.25, -0.2) is 4.72 Å². The highest BCUT2D eigenvalue weighted by Crippen LogP contribution is 2.30. The molecule has 106 valence electrons. The molecule has 0 amide bonds. The Balaban J connectivity index is 1.99. The molecule has 19 heavy (non-hydrogen) atoms. The Kier molecular flexibility index (Phi) is 4.28. The summed E-state index contributed by atoms with van der Waals surface area (Å²) in [7, 11) is -1.92. The van der Waals surface area contributed by atoms with Gasteiger partial charge in [0.05, 0.1) is 6.54 Å². The smallest absolute Gasteiger partial charge is 0.279 e. The highest BCUT2D eigenvalue weighted by molar-refractivity contribution is 7.87. The molecule has 1 heterocycles. The third-order valence-corrected chi connectivity index (χ3v) is 4.39. The summed E-state index contributed by atoms with van der Waals surface area (Å²) in [4.78, 5) is 0. The topological polar surface area (TPSA) is 67.9 Å². The highest BCUT2D eigenvalue weighted by atomic mass is 32.2. The van der Waals surface area contributed by atoms with Crippen molar-refractivity contribution in [2.24, 2.45) is 0 Å². The van der Waals surface area contributed by atoms with Crippen molar-refractivity contribution >= 4 is 10.2 Å². The zero-order chi connectivity index (χ0) is 13.9. The zero-order valence-corrected chi connectivity index (χ0v) is 11.8. The summed E-state index contributed by atoms with van der Waals surface area (Å²) in [5.41, 5.74) is 0. The number of para-hydroxylation sites is 2. The molecule has 0 bridgehead atoms. The molecule has 1 atom stereocenters. The Bertz CT molecular complexity index is 532. The maximum absolute atomic E-state index is 11.8. The van der Waals surface area contributed by atoms with Gasteiger partial charge < -0.3 is 9.47 Å². The van der Waals surface area contributed by atoms with E-state index < -0.39 is 10.2 Å². The largest absolute Gasteiger partial charge is 0.486 e. The number of rotatable bonds is 5. The molecule has 1 aromatic rings. The predicted octanol–water partition coefficient (Wildman–Crippen LogP) is 0.613. The van der Waals surface area contributed by atoms with Crippen LogP contribution in [-0.2, 0) is 10.2 Å². The van der Waals surface area contributed by atoms with Crippen molar-refractivity contribution in [3.05, 3.63) is 24.3 Å². The molecule has 6 nitrogen and oxygen atoms in total. The van der Waals surface area contributed by atoms with E-state index in [1.165, 1.54) is 11.4 Å². The molecule has 1 aromatic carbocycles.